The number of alkyl halides is 18. The molecule has 1 saturated heterocycles. The number of halogens is 22. The standard InChI is InChI=1S/C6H3F9O2.C5F8O2.C2H2F2.CH2F2.CH3F.CH4/c7-1-3(9)2(8)16-4(17-3,5(10,11)12)6(13,14)15;6-1-2(7)15-3(14-1,4(8,9)10)5(11,12)13;1-2(3)4;2-1-3;1-2;/h2H,1H2;;1H2;1H2;1H3;1H4. The van der Waals surface area contributed by atoms with E-state index in [1.54, 1.807) is 0 Å². The summed E-state index contributed by atoms with van der Waals surface area (Å²) < 4.78 is 266. The van der Waals surface area contributed by atoms with Crippen molar-refractivity contribution in [2.45, 2.75) is 55.9 Å². The first-order valence-corrected chi connectivity index (χ1v) is 8.52. The summed E-state index contributed by atoms with van der Waals surface area (Å²) in [5.74, 6) is -15.3. The van der Waals surface area contributed by atoms with Crippen LogP contribution in [0.5, 0.6) is 0 Å². The first-order valence-electron chi connectivity index (χ1n) is 8.52. The van der Waals surface area contributed by atoms with Gasteiger partial charge in [-0.05, 0) is 6.58 Å². The second kappa shape index (κ2) is 16.3. The van der Waals surface area contributed by atoms with Crippen LogP contribution >= 0.6 is 0 Å². The molecule has 0 aromatic heterocycles. The summed E-state index contributed by atoms with van der Waals surface area (Å²) in [6.45, 7) is -2.10. The molecule has 26 heteroatoms. The zero-order valence-corrected chi connectivity index (χ0v) is 18.6. The van der Waals surface area contributed by atoms with Crippen LogP contribution in [-0.2, 0) is 18.9 Å². The molecule has 0 aliphatic carbocycles. The smallest absolute Gasteiger partial charge is 0.408 e. The molecule has 2 unspecified atom stereocenters. The molecule has 0 radical (unpaired) electrons. The molecular formula is C16H14F22O4. The highest BCUT2D eigenvalue weighted by atomic mass is 19.4. The monoisotopic (exact) mass is 688 g/mol. The van der Waals surface area contributed by atoms with Crippen molar-refractivity contribution in [3.8, 4) is 0 Å². The third-order valence-corrected chi connectivity index (χ3v) is 3.22. The lowest BCUT2D eigenvalue weighted by molar-refractivity contribution is -0.455. The molecule has 0 bridgehead atoms. The van der Waals surface area contributed by atoms with Gasteiger partial charge in [0.05, 0.1) is 7.18 Å². The molecule has 2 rings (SSSR count). The van der Waals surface area contributed by atoms with Crippen LogP contribution in [-0.4, -0.2) is 69.3 Å². The van der Waals surface area contributed by atoms with Crippen LogP contribution in [0.4, 0.5) is 96.6 Å². The van der Waals surface area contributed by atoms with Crippen molar-refractivity contribution in [1.82, 2.24) is 0 Å². The molecule has 42 heavy (non-hydrogen) atoms. The van der Waals surface area contributed by atoms with E-state index in [-0.39, 0.29) is 7.43 Å². The summed E-state index contributed by atoms with van der Waals surface area (Å²) in [5.41, 5.74) is 0. The Hall–Kier alpha value is -2.54. The Labute approximate surface area is 218 Å². The molecule has 0 aromatic rings. The van der Waals surface area contributed by atoms with E-state index in [0.29, 0.717) is 7.18 Å². The van der Waals surface area contributed by atoms with Crippen molar-refractivity contribution in [3.63, 3.8) is 0 Å². The van der Waals surface area contributed by atoms with E-state index < -0.39 is 80.2 Å². The molecule has 2 aliphatic heterocycles. The summed E-state index contributed by atoms with van der Waals surface area (Å²) in [5, 5.41) is 0. The summed E-state index contributed by atoms with van der Waals surface area (Å²) in [6.07, 6.45) is -30.7. The minimum absolute atomic E-state index is 0. The van der Waals surface area contributed by atoms with Gasteiger partial charge in [-0.2, -0.15) is 70.2 Å². The number of hydrogen-bond acceptors (Lipinski definition) is 4. The quantitative estimate of drug-likeness (QED) is 0.258. The molecule has 0 N–H and O–H groups in total. The Kier molecular flexibility index (Phi) is 18.1. The lowest BCUT2D eigenvalue weighted by Gasteiger charge is -2.31. The van der Waals surface area contributed by atoms with Crippen LogP contribution in [0.25, 0.3) is 0 Å². The second-order valence-electron chi connectivity index (χ2n) is 5.87. The van der Waals surface area contributed by atoms with Crippen LogP contribution in [0.3, 0.4) is 0 Å². The topological polar surface area (TPSA) is 36.9 Å². The fraction of sp³-hybridized carbons (Fsp3) is 0.750. The van der Waals surface area contributed by atoms with Gasteiger partial charge < -0.3 is 9.47 Å². The van der Waals surface area contributed by atoms with Gasteiger partial charge in [0.25, 0.3) is 18.3 Å². The van der Waals surface area contributed by atoms with Gasteiger partial charge in [-0.15, -0.1) is 0 Å². The van der Waals surface area contributed by atoms with Crippen molar-refractivity contribution in [3.05, 3.63) is 24.7 Å². The summed E-state index contributed by atoms with van der Waals surface area (Å²) in [7, 11) is 0.500. The molecule has 4 nitrogen and oxygen atoms in total. The van der Waals surface area contributed by atoms with Crippen LogP contribution in [0.2, 0.25) is 0 Å². The highest BCUT2D eigenvalue weighted by molar-refractivity contribution is 5.02. The van der Waals surface area contributed by atoms with Gasteiger partial charge in [-0.25, -0.2) is 22.0 Å². The van der Waals surface area contributed by atoms with Gasteiger partial charge in [-0.3, -0.25) is 13.9 Å². The highest BCUT2D eigenvalue weighted by Crippen LogP contribution is 2.55. The summed E-state index contributed by atoms with van der Waals surface area (Å²) >= 11 is 0. The first-order chi connectivity index (χ1) is 18.1. The Bertz CT molecular complexity index is 782. The molecule has 0 amide bonds. The van der Waals surface area contributed by atoms with Crippen LogP contribution in [0, 0.1) is 0 Å². The van der Waals surface area contributed by atoms with Crippen molar-refractivity contribution in [2.75, 3.05) is 20.8 Å². The molecule has 2 heterocycles. The van der Waals surface area contributed by atoms with E-state index in [1.165, 1.54) is 0 Å². The zero-order chi connectivity index (χ0) is 34.1. The van der Waals surface area contributed by atoms with Gasteiger partial charge >= 0.3 is 48.3 Å². The van der Waals surface area contributed by atoms with E-state index in [9.17, 15) is 96.6 Å². The van der Waals surface area contributed by atoms with E-state index in [0.717, 1.165) is 0 Å². The minimum Gasteiger partial charge on any atom is -0.408 e. The van der Waals surface area contributed by atoms with E-state index in [2.05, 4.69) is 25.5 Å². The van der Waals surface area contributed by atoms with Crippen LogP contribution in [0.1, 0.15) is 7.43 Å². The fourth-order valence-electron chi connectivity index (χ4n) is 1.79. The molecule has 0 aromatic carbocycles. The van der Waals surface area contributed by atoms with Crippen LogP contribution < -0.4 is 0 Å². The maximum atomic E-state index is 12.9. The van der Waals surface area contributed by atoms with Crippen molar-refractivity contribution < 1.29 is 116 Å². The highest BCUT2D eigenvalue weighted by Gasteiger charge is 2.83. The van der Waals surface area contributed by atoms with E-state index >= 15 is 0 Å². The lowest BCUT2D eigenvalue weighted by atomic mass is 10.2. The predicted octanol–water partition coefficient (Wildman–Crippen LogP) is 9.21. The molecule has 0 spiro atoms. The van der Waals surface area contributed by atoms with E-state index in [1.807, 2.05) is 0 Å². The van der Waals surface area contributed by atoms with Gasteiger partial charge in [0.1, 0.15) is 0 Å². The fourth-order valence-corrected chi connectivity index (χ4v) is 1.79. The SMILES string of the molecule is C.C=C(F)F.CF.FC1=C(F)OC(C(F)(F)F)(C(F)(F)F)O1.FCC1(F)OC(C(F)(F)F)(C(F)(F)F)OC1F.FCF. The first kappa shape index (κ1) is 46.4. The third kappa shape index (κ3) is 10.9. The largest absolute Gasteiger partial charge is 0.478 e. The number of hydrogen-bond donors (Lipinski definition) is 0. The number of ether oxygens (including phenoxy) is 4. The van der Waals surface area contributed by atoms with Gasteiger partial charge in [0, 0.05) is 0 Å². The third-order valence-electron chi connectivity index (χ3n) is 3.22. The van der Waals surface area contributed by atoms with Crippen molar-refractivity contribution >= 4 is 0 Å². The van der Waals surface area contributed by atoms with Gasteiger partial charge in [0.15, 0.2) is 6.67 Å². The van der Waals surface area contributed by atoms with E-state index in [4.69, 9.17) is 0 Å². The summed E-state index contributed by atoms with van der Waals surface area (Å²) in [6, 6.07) is -5.41. The van der Waals surface area contributed by atoms with Crippen LogP contribution in [0.15, 0.2) is 24.7 Å². The van der Waals surface area contributed by atoms with Crippen molar-refractivity contribution in [2.24, 2.45) is 0 Å². The molecule has 0 saturated carbocycles. The molecule has 2 atom stereocenters. The molecule has 256 valence electrons. The molecular weight excluding hydrogens is 674 g/mol. The van der Waals surface area contributed by atoms with Crippen molar-refractivity contribution in [1.29, 1.82) is 0 Å². The average molecular weight is 688 g/mol. The normalized spacial score (nSPS) is 22.6. The Morgan fingerprint density at radius 2 is 0.952 bits per heavy atom. The average Bonchev–Trinajstić information content (AvgIpc) is 3.24. The Morgan fingerprint density at radius 3 is 1.07 bits per heavy atom. The maximum Gasteiger partial charge on any atom is 0.478 e. The Morgan fingerprint density at radius 1 is 0.714 bits per heavy atom. The second-order valence-corrected chi connectivity index (χ2v) is 5.87. The number of rotatable bonds is 1. The minimum atomic E-state index is -6.32. The zero-order valence-electron chi connectivity index (χ0n) is 18.6. The summed E-state index contributed by atoms with van der Waals surface area (Å²) in [4.78, 5) is 0. The molecule has 1 fully saturated rings. The lowest BCUT2D eigenvalue weighted by Crippen LogP contribution is -2.58. The van der Waals surface area contributed by atoms with Gasteiger partial charge in [-0.1, -0.05) is 7.43 Å². The van der Waals surface area contributed by atoms with Gasteiger partial charge in [0.2, 0.25) is 6.93 Å². The predicted molar refractivity (Wildman–Crippen MR) is 90.2 cm³/mol. The molecule has 2 aliphatic rings. The maximum absolute atomic E-state index is 12.9. The Balaban J connectivity index is -0.000000264.